The van der Waals surface area contributed by atoms with Crippen molar-refractivity contribution in [3.05, 3.63) is 42.7 Å². The minimum Gasteiger partial charge on any atom is -0.289 e. The van der Waals surface area contributed by atoms with Gasteiger partial charge in [-0.15, -0.1) is 0 Å². The highest BCUT2D eigenvalue weighted by Gasteiger charge is 2.06. The van der Waals surface area contributed by atoms with Gasteiger partial charge in [0, 0.05) is 24.5 Å². The van der Waals surface area contributed by atoms with Gasteiger partial charge < -0.3 is 0 Å². The Hall–Kier alpha value is -1.97. The van der Waals surface area contributed by atoms with E-state index < -0.39 is 0 Å². The van der Waals surface area contributed by atoms with E-state index in [1.54, 1.807) is 12.4 Å². The van der Waals surface area contributed by atoms with E-state index in [0.29, 0.717) is 0 Å². The van der Waals surface area contributed by atoms with Crippen molar-refractivity contribution in [2.45, 2.75) is 0 Å². The van der Waals surface area contributed by atoms with E-state index in [1.807, 2.05) is 23.5 Å². The summed E-state index contributed by atoms with van der Waals surface area (Å²) < 4.78 is 0. The lowest BCUT2D eigenvalue weighted by atomic mass is 10.5. The van der Waals surface area contributed by atoms with Crippen LogP contribution in [0.2, 0.25) is 0 Å². The molecule has 0 fully saturated rings. The summed E-state index contributed by atoms with van der Waals surface area (Å²) in [6, 6.07) is 5.72. The largest absolute Gasteiger partial charge is 0.289 e. The van der Waals surface area contributed by atoms with Crippen molar-refractivity contribution < 1.29 is 9.59 Å². The van der Waals surface area contributed by atoms with Crippen LogP contribution in [0.25, 0.3) is 0 Å². The molecular weight excluding hydrogens is 168 g/mol. The van der Waals surface area contributed by atoms with Crippen LogP contribution >= 0.6 is 0 Å². The number of imide groups is 1. The molecule has 1 aliphatic heterocycles. The Kier molecular flexibility index (Phi) is 3.38. The molecule has 0 radical (unpaired) electrons. The molecular formula is C9H8N2O2. The predicted octanol–water partition coefficient (Wildman–Crippen LogP) is 0.281. The van der Waals surface area contributed by atoms with Crippen molar-refractivity contribution in [2.75, 3.05) is 0 Å². The van der Waals surface area contributed by atoms with Crippen molar-refractivity contribution >= 4 is 11.8 Å². The number of amides is 2. The number of aromatic nitrogens is 1. The molecule has 1 aromatic rings. The summed E-state index contributed by atoms with van der Waals surface area (Å²) in [4.78, 5) is 23.9. The number of pyridine rings is 1. The zero-order valence-electron chi connectivity index (χ0n) is 6.81. The highest BCUT2D eigenvalue weighted by molar-refractivity contribution is 6.12. The molecule has 1 aromatic heterocycles. The third-order valence-corrected chi connectivity index (χ3v) is 1.20. The minimum atomic E-state index is -0.329. The highest BCUT2D eigenvalue weighted by atomic mass is 16.2. The SMILES string of the molecule is O=C1C=CC(=O)N1.c1ccncc1. The molecule has 0 saturated carbocycles. The number of nitrogens with zero attached hydrogens (tertiary/aromatic N) is 1. The number of hydrogen-bond donors (Lipinski definition) is 1. The topological polar surface area (TPSA) is 59.1 Å². The Balaban J connectivity index is 0.000000132. The van der Waals surface area contributed by atoms with Crippen LogP contribution in [0, 0.1) is 0 Å². The van der Waals surface area contributed by atoms with Crippen LogP contribution in [0.15, 0.2) is 42.7 Å². The molecule has 2 amide bonds. The Morgan fingerprint density at radius 2 is 1.46 bits per heavy atom. The first-order valence-corrected chi connectivity index (χ1v) is 3.67. The summed E-state index contributed by atoms with van der Waals surface area (Å²) in [5.41, 5.74) is 0. The van der Waals surface area contributed by atoms with Gasteiger partial charge in [-0.1, -0.05) is 6.07 Å². The maximum atomic E-state index is 10.0. The van der Waals surface area contributed by atoms with Gasteiger partial charge in [0.1, 0.15) is 0 Å². The maximum Gasteiger partial charge on any atom is 0.250 e. The summed E-state index contributed by atoms with van der Waals surface area (Å²) >= 11 is 0. The fourth-order valence-electron chi connectivity index (χ4n) is 0.669. The number of hydrogen-bond acceptors (Lipinski definition) is 3. The number of nitrogens with one attached hydrogen (secondary N) is 1. The lowest BCUT2D eigenvalue weighted by Crippen LogP contribution is -2.19. The van der Waals surface area contributed by atoms with Gasteiger partial charge in [0.05, 0.1) is 0 Å². The fourth-order valence-corrected chi connectivity index (χ4v) is 0.669. The van der Waals surface area contributed by atoms with Crippen molar-refractivity contribution in [3.63, 3.8) is 0 Å². The molecule has 4 nitrogen and oxygen atoms in total. The first-order valence-electron chi connectivity index (χ1n) is 3.67. The number of carbonyl (C=O) groups is 2. The Bertz CT molecular complexity index is 277. The van der Waals surface area contributed by atoms with Gasteiger partial charge >= 0.3 is 0 Å². The van der Waals surface area contributed by atoms with Gasteiger partial charge in [-0.05, 0) is 12.1 Å². The Morgan fingerprint density at radius 1 is 0.923 bits per heavy atom. The fraction of sp³-hybridized carbons (Fsp3) is 0. The van der Waals surface area contributed by atoms with E-state index in [9.17, 15) is 9.59 Å². The van der Waals surface area contributed by atoms with Crippen molar-refractivity contribution in [1.29, 1.82) is 0 Å². The highest BCUT2D eigenvalue weighted by Crippen LogP contribution is 1.82. The van der Waals surface area contributed by atoms with Gasteiger partial charge in [0.15, 0.2) is 0 Å². The summed E-state index contributed by atoms with van der Waals surface area (Å²) in [6.07, 6.45) is 5.89. The molecule has 1 N–H and O–H groups in total. The predicted molar refractivity (Wildman–Crippen MR) is 46.5 cm³/mol. The smallest absolute Gasteiger partial charge is 0.250 e. The molecule has 0 atom stereocenters. The Labute approximate surface area is 75.3 Å². The van der Waals surface area contributed by atoms with E-state index in [0.717, 1.165) is 0 Å². The van der Waals surface area contributed by atoms with Gasteiger partial charge in [-0.3, -0.25) is 19.9 Å². The summed E-state index contributed by atoms with van der Waals surface area (Å²) in [7, 11) is 0. The molecule has 1 aliphatic rings. The third kappa shape index (κ3) is 3.81. The van der Waals surface area contributed by atoms with E-state index in [4.69, 9.17) is 0 Å². The van der Waals surface area contributed by atoms with E-state index in [1.165, 1.54) is 12.2 Å². The first kappa shape index (κ1) is 9.12. The van der Waals surface area contributed by atoms with Crippen molar-refractivity contribution in [1.82, 2.24) is 10.3 Å². The van der Waals surface area contributed by atoms with Crippen LogP contribution in [0.3, 0.4) is 0 Å². The van der Waals surface area contributed by atoms with Crippen LogP contribution in [0.4, 0.5) is 0 Å². The van der Waals surface area contributed by atoms with Crippen LogP contribution in [-0.2, 0) is 9.59 Å². The molecule has 0 unspecified atom stereocenters. The maximum absolute atomic E-state index is 10.0. The minimum absolute atomic E-state index is 0.329. The van der Waals surface area contributed by atoms with Crippen molar-refractivity contribution in [3.8, 4) is 0 Å². The van der Waals surface area contributed by atoms with Crippen LogP contribution < -0.4 is 5.32 Å². The lowest BCUT2D eigenvalue weighted by Gasteiger charge is -1.80. The molecule has 2 heterocycles. The Morgan fingerprint density at radius 3 is 1.62 bits per heavy atom. The molecule has 0 spiro atoms. The third-order valence-electron chi connectivity index (χ3n) is 1.20. The zero-order valence-corrected chi connectivity index (χ0v) is 6.81. The zero-order chi connectivity index (χ0) is 9.52. The molecule has 13 heavy (non-hydrogen) atoms. The lowest BCUT2D eigenvalue weighted by molar-refractivity contribution is -0.123. The second-order valence-electron chi connectivity index (χ2n) is 2.21. The van der Waals surface area contributed by atoms with Crippen LogP contribution in [-0.4, -0.2) is 16.8 Å². The van der Waals surface area contributed by atoms with Crippen LogP contribution in [0.1, 0.15) is 0 Å². The molecule has 0 aromatic carbocycles. The standard InChI is InChI=1S/C5H5N.C4H3NO2/c1-2-4-6-5-3-1;6-3-1-2-4(7)5-3/h1-5H;1-2H,(H,5,6,7). The van der Waals surface area contributed by atoms with E-state index >= 15 is 0 Å². The molecule has 4 heteroatoms. The normalized spacial score (nSPS) is 13.2. The van der Waals surface area contributed by atoms with Gasteiger partial charge in [0.2, 0.25) is 0 Å². The van der Waals surface area contributed by atoms with Gasteiger partial charge in [-0.2, -0.15) is 0 Å². The first-order chi connectivity index (χ1) is 6.29. The van der Waals surface area contributed by atoms with Crippen molar-refractivity contribution in [2.24, 2.45) is 0 Å². The van der Waals surface area contributed by atoms with Gasteiger partial charge in [-0.25, -0.2) is 0 Å². The molecule has 66 valence electrons. The van der Waals surface area contributed by atoms with E-state index in [-0.39, 0.29) is 11.8 Å². The van der Waals surface area contributed by atoms with E-state index in [2.05, 4.69) is 4.98 Å². The second-order valence-corrected chi connectivity index (χ2v) is 2.21. The summed E-state index contributed by atoms with van der Waals surface area (Å²) in [6.45, 7) is 0. The summed E-state index contributed by atoms with van der Waals surface area (Å²) in [5.74, 6) is -0.657. The molecule has 0 saturated heterocycles. The monoisotopic (exact) mass is 176 g/mol. The molecule has 0 bridgehead atoms. The average molecular weight is 176 g/mol. The number of rotatable bonds is 0. The summed E-state index contributed by atoms with van der Waals surface area (Å²) in [5, 5.41) is 2.03. The molecule has 0 aliphatic carbocycles. The average Bonchev–Trinajstić information content (AvgIpc) is 2.54. The van der Waals surface area contributed by atoms with Gasteiger partial charge in [0.25, 0.3) is 11.8 Å². The molecule has 2 rings (SSSR count). The van der Waals surface area contributed by atoms with Crippen LogP contribution in [0.5, 0.6) is 0 Å². The quantitative estimate of drug-likeness (QED) is 0.577. The number of carbonyl (C=O) groups excluding carboxylic acids is 2. The second kappa shape index (κ2) is 4.82.